The number of thiophene rings is 1. The minimum Gasteiger partial charge on any atom is -0.457 e. The molecule has 0 fully saturated rings. The number of amides is 1. The number of hydrogen-bond acceptors (Lipinski definition) is 3. The maximum absolute atomic E-state index is 13.0. The molecule has 1 aromatic heterocycles. The third-order valence-electron chi connectivity index (χ3n) is 4.82. The Kier molecular flexibility index (Phi) is 6.26. The number of carbonyl (C=O) groups is 1. The van der Waals surface area contributed by atoms with Crippen LogP contribution in [0.15, 0.2) is 97.1 Å². The molecule has 4 rings (SSSR count). The van der Waals surface area contributed by atoms with Gasteiger partial charge in [0.15, 0.2) is 0 Å². The van der Waals surface area contributed by atoms with E-state index in [9.17, 15) is 4.79 Å². The molecule has 4 heteroatoms. The fourth-order valence-electron chi connectivity index (χ4n) is 3.21. The molecule has 0 aliphatic rings. The Hall–Kier alpha value is -3.37. The normalized spacial score (nSPS) is 10.6. The minimum atomic E-state index is 0.0710. The highest BCUT2D eigenvalue weighted by molar-refractivity contribution is 7.17. The smallest absolute Gasteiger partial charge is 0.264 e. The Morgan fingerprint density at radius 2 is 1.43 bits per heavy atom. The first kappa shape index (κ1) is 19.9. The van der Waals surface area contributed by atoms with E-state index < -0.39 is 0 Å². The minimum absolute atomic E-state index is 0.0710. The van der Waals surface area contributed by atoms with Gasteiger partial charge in [-0.3, -0.25) is 4.79 Å². The first-order valence-electron chi connectivity index (χ1n) is 9.99. The Morgan fingerprint density at radius 3 is 2.10 bits per heavy atom. The molecule has 3 nitrogen and oxygen atoms in total. The first-order chi connectivity index (χ1) is 14.7. The van der Waals surface area contributed by atoms with Gasteiger partial charge in [-0.15, -0.1) is 11.3 Å². The van der Waals surface area contributed by atoms with Crippen LogP contribution in [0.25, 0.3) is 10.4 Å². The molecule has 0 saturated heterocycles. The molecule has 150 valence electrons. The van der Waals surface area contributed by atoms with E-state index >= 15 is 0 Å². The second-order valence-corrected chi connectivity index (χ2v) is 7.99. The van der Waals surface area contributed by atoms with Crippen molar-refractivity contribution in [1.82, 2.24) is 4.90 Å². The van der Waals surface area contributed by atoms with Gasteiger partial charge in [-0.2, -0.15) is 0 Å². The third-order valence-corrected chi connectivity index (χ3v) is 5.94. The van der Waals surface area contributed by atoms with E-state index in [1.165, 1.54) is 11.3 Å². The maximum atomic E-state index is 13.0. The van der Waals surface area contributed by atoms with Gasteiger partial charge in [-0.05, 0) is 66.6 Å². The average Bonchev–Trinajstić information content (AvgIpc) is 3.29. The average molecular weight is 414 g/mol. The van der Waals surface area contributed by atoms with Crippen LogP contribution in [0.2, 0.25) is 0 Å². The Bertz CT molecular complexity index is 1090. The van der Waals surface area contributed by atoms with E-state index in [1.807, 2.05) is 96.8 Å². The lowest BCUT2D eigenvalue weighted by Crippen LogP contribution is -2.29. The van der Waals surface area contributed by atoms with Gasteiger partial charge in [0.25, 0.3) is 5.91 Å². The summed E-state index contributed by atoms with van der Waals surface area (Å²) in [7, 11) is 0. The van der Waals surface area contributed by atoms with Gasteiger partial charge in [0.1, 0.15) is 11.5 Å². The predicted molar refractivity (Wildman–Crippen MR) is 123 cm³/mol. The first-order valence-corrected chi connectivity index (χ1v) is 10.8. The van der Waals surface area contributed by atoms with Gasteiger partial charge < -0.3 is 9.64 Å². The summed E-state index contributed by atoms with van der Waals surface area (Å²) in [4.78, 5) is 16.7. The fraction of sp³-hybridized carbons (Fsp3) is 0.115. The van der Waals surface area contributed by atoms with Crippen molar-refractivity contribution in [3.63, 3.8) is 0 Å². The summed E-state index contributed by atoms with van der Waals surface area (Å²) in [5.74, 6) is 1.67. The highest BCUT2D eigenvalue weighted by Crippen LogP contribution is 2.31. The van der Waals surface area contributed by atoms with Crippen LogP contribution in [0.3, 0.4) is 0 Å². The Balaban J connectivity index is 1.45. The van der Waals surface area contributed by atoms with Gasteiger partial charge in [0.05, 0.1) is 4.88 Å². The number of carbonyl (C=O) groups excluding carboxylic acids is 1. The van der Waals surface area contributed by atoms with Gasteiger partial charge >= 0.3 is 0 Å². The van der Waals surface area contributed by atoms with Crippen molar-refractivity contribution in [3.05, 3.63) is 108 Å². The van der Waals surface area contributed by atoms with Crippen molar-refractivity contribution in [2.45, 2.75) is 13.5 Å². The van der Waals surface area contributed by atoms with Crippen LogP contribution in [0.5, 0.6) is 11.5 Å². The highest BCUT2D eigenvalue weighted by Gasteiger charge is 2.17. The molecular weight excluding hydrogens is 390 g/mol. The van der Waals surface area contributed by atoms with Gasteiger partial charge in [0, 0.05) is 18.0 Å². The van der Waals surface area contributed by atoms with Crippen LogP contribution in [0, 0.1) is 0 Å². The topological polar surface area (TPSA) is 29.5 Å². The second kappa shape index (κ2) is 9.42. The fourth-order valence-corrected chi connectivity index (χ4v) is 4.19. The SMILES string of the molecule is CCN(Cc1ccccc1)C(=O)c1ccc(-c2ccc(Oc3ccccc3)cc2)s1. The van der Waals surface area contributed by atoms with Crippen LogP contribution in [-0.4, -0.2) is 17.4 Å². The predicted octanol–water partition coefficient (Wildman–Crippen LogP) is 6.87. The Labute approximate surface area is 181 Å². The third kappa shape index (κ3) is 4.78. The van der Waals surface area contributed by atoms with E-state index in [0.717, 1.165) is 32.4 Å². The van der Waals surface area contributed by atoms with Crippen LogP contribution in [-0.2, 0) is 6.54 Å². The van der Waals surface area contributed by atoms with Crippen molar-refractivity contribution in [3.8, 4) is 21.9 Å². The number of benzene rings is 3. The van der Waals surface area contributed by atoms with Crippen molar-refractivity contribution in [1.29, 1.82) is 0 Å². The summed E-state index contributed by atoms with van der Waals surface area (Å²) >= 11 is 1.53. The van der Waals surface area contributed by atoms with Gasteiger partial charge in [0.2, 0.25) is 0 Å². The van der Waals surface area contributed by atoms with E-state index in [-0.39, 0.29) is 5.91 Å². The molecule has 1 heterocycles. The van der Waals surface area contributed by atoms with Crippen LogP contribution in [0.1, 0.15) is 22.2 Å². The van der Waals surface area contributed by atoms with Gasteiger partial charge in [-0.25, -0.2) is 0 Å². The largest absolute Gasteiger partial charge is 0.457 e. The lowest BCUT2D eigenvalue weighted by Gasteiger charge is -2.20. The molecular formula is C26H23NO2S. The standard InChI is InChI=1S/C26H23NO2S/c1-2-27(19-20-9-5-3-6-10-20)26(28)25-18-17-24(30-25)21-13-15-23(16-14-21)29-22-11-7-4-8-12-22/h3-18H,2,19H2,1H3. The Morgan fingerprint density at radius 1 is 0.800 bits per heavy atom. The summed E-state index contributed by atoms with van der Waals surface area (Å²) in [6, 6.07) is 31.7. The zero-order valence-electron chi connectivity index (χ0n) is 16.8. The van der Waals surface area contributed by atoms with E-state index in [0.29, 0.717) is 13.1 Å². The van der Waals surface area contributed by atoms with Crippen molar-refractivity contribution in [2.24, 2.45) is 0 Å². The van der Waals surface area contributed by atoms with Crippen molar-refractivity contribution >= 4 is 17.2 Å². The molecule has 3 aromatic carbocycles. The van der Waals surface area contributed by atoms with E-state index in [2.05, 4.69) is 12.1 Å². The molecule has 0 aliphatic carbocycles. The molecule has 0 bridgehead atoms. The summed E-state index contributed by atoms with van der Waals surface area (Å²) in [6.07, 6.45) is 0. The molecule has 4 aromatic rings. The quantitative estimate of drug-likeness (QED) is 0.331. The highest BCUT2D eigenvalue weighted by atomic mass is 32.1. The number of rotatable bonds is 7. The molecule has 0 radical (unpaired) electrons. The summed E-state index contributed by atoms with van der Waals surface area (Å²) in [5.41, 5.74) is 2.21. The van der Waals surface area contributed by atoms with Crippen LogP contribution in [0.4, 0.5) is 0 Å². The van der Waals surface area contributed by atoms with E-state index in [4.69, 9.17) is 4.74 Å². The zero-order valence-corrected chi connectivity index (χ0v) is 17.6. The van der Waals surface area contributed by atoms with Crippen LogP contribution >= 0.6 is 11.3 Å². The maximum Gasteiger partial charge on any atom is 0.264 e. The summed E-state index contributed by atoms with van der Waals surface area (Å²) < 4.78 is 5.86. The lowest BCUT2D eigenvalue weighted by atomic mass is 10.2. The molecule has 0 N–H and O–H groups in total. The van der Waals surface area contributed by atoms with Crippen molar-refractivity contribution < 1.29 is 9.53 Å². The molecule has 0 saturated carbocycles. The van der Waals surface area contributed by atoms with Crippen LogP contribution < -0.4 is 4.74 Å². The monoisotopic (exact) mass is 413 g/mol. The van der Waals surface area contributed by atoms with Gasteiger partial charge in [-0.1, -0.05) is 48.5 Å². The molecule has 30 heavy (non-hydrogen) atoms. The molecule has 0 unspecified atom stereocenters. The molecule has 1 amide bonds. The van der Waals surface area contributed by atoms with E-state index in [1.54, 1.807) is 0 Å². The molecule has 0 aliphatic heterocycles. The number of hydrogen-bond donors (Lipinski definition) is 0. The molecule has 0 spiro atoms. The summed E-state index contributed by atoms with van der Waals surface area (Å²) in [6.45, 7) is 3.31. The second-order valence-electron chi connectivity index (χ2n) is 6.91. The lowest BCUT2D eigenvalue weighted by molar-refractivity contribution is 0.0757. The number of para-hydroxylation sites is 1. The number of nitrogens with zero attached hydrogens (tertiary/aromatic N) is 1. The summed E-state index contributed by atoms with van der Waals surface area (Å²) in [5, 5.41) is 0. The van der Waals surface area contributed by atoms with Crippen molar-refractivity contribution in [2.75, 3.05) is 6.54 Å². The zero-order chi connectivity index (χ0) is 20.8. The molecule has 0 atom stereocenters. The number of ether oxygens (including phenoxy) is 1.